The number of nitrogens with two attached hydrogens (primary N) is 1. The van der Waals surface area contributed by atoms with Crippen LogP contribution < -0.4 is 11.1 Å². The van der Waals surface area contributed by atoms with Crippen LogP contribution in [0.25, 0.3) is 0 Å². The Morgan fingerprint density at radius 2 is 1.50 bits per heavy atom. The van der Waals surface area contributed by atoms with Gasteiger partial charge >= 0.3 is 0 Å². The molecule has 3 heteroatoms. The van der Waals surface area contributed by atoms with E-state index in [4.69, 9.17) is 5.73 Å². The first-order valence-corrected chi connectivity index (χ1v) is 6.86. The number of primary amides is 1. The molecule has 0 fully saturated rings. The van der Waals surface area contributed by atoms with E-state index >= 15 is 0 Å². The Morgan fingerprint density at radius 1 is 0.950 bits per heavy atom. The Bertz CT molecular complexity index is 525. The molecule has 0 aliphatic rings. The summed E-state index contributed by atoms with van der Waals surface area (Å²) in [6.45, 7) is 0.741. The van der Waals surface area contributed by atoms with Gasteiger partial charge in [0, 0.05) is 0 Å². The van der Waals surface area contributed by atoms with E-state index in [0.29, 0.717) is 6.42 Å². The zero-order valence-electron chi connectivity index (χ0n) is 11.5. The first-order valence-electron chi connectivity index (χ1n) is 6.86. The minimum atomic E-state index is -0.318. The standard InChI is InChI=1S/C17H20N2O/c18-17(20)16(13-15-9-5-2-6-10-15)19-12-11-14-7-3-1-4-8-14/h1-10,16,19H,11-13H2,(H2,18,20)/t16-/m0/s1. The van der Waals surface area contributed by atoms with E-state index in [1.807, 2.05) is 48.5 Å². The summed E-state index contributed by atoms with van der Waals surface area (Å²) in [5, 5.41) is 3.24. The average Bonchev–Trinajstić information content (AvgIpc) is 2.48. The van der Waals surface area contributed by atoms with Crippen LogP contribution in [0.3, 0.4) is 0 Å². The summed E-state index contributed by atoms with van der Waals surface area (Å²) in [5.41, 5.74) is 7.83. The predicted octanol–water partition coefficient (Wildman–Crippen LogP) is 1.92. The lowest BCUT2D eigenvalue weighted by Gasteiger charge is -2.15. The highest BCUT2D eigenvalue weighted by Gasteiger charge is 2.14. The van der Waals surface area contributed by atoms with Crippen LogP contribution in [-0.4, -0.2) is 18.5 Å². The third kappa shape index (κ3) is 4.52. The largest absolute Gasteiger partial charge is 0.368 e. The average molecular weight is 268 g/mol. The number of benzene rings is 2. The number of carbonyl (C=O) groups excluding carboxylic acids is 1. The molecule has 2 rings (SSSR count). The number of hydrogen-bond donors (Lipinski definition) is 2. The van der Waals surface area contributed by atoms with E-state index in [1.165, 1.54) is 5.56 Å². The molecule has 0 saturated carbocycles. The van der Waals surface area contributed by atoms with E-state index in [9.17, 15) is 4.79 Å². The highest BCUT2D eigenvalue weighted by molar-refractivity contribution is 5.80. The molecule has 1 atom stereocenters. The summed E-state index contributed by atoms with van der Waals surface area (Å²) in [7, 11) is 0. The van der Waals surface area contributed by atoms with Gasteiger partial charge < -0.3 is 11.1 Å². The molecule has 0 heterocycles. The van der Waals surface area contributed by atoms with Crippen molar-refractivity contribution in [2.45, 2.75) is 18.9 Å². The van der Waals surface area contributed by atoms with Gasteiger partial charge in [-0.3, -0.25) is 4.79 Å². The number of carbonyl (C=O) groups is 1. The molecule has 0 aliphatic carbocycles. The second-order valence-electron chi connectivity index (χ2n) is 4.83. The van der Waals surface area contributed by atoms with Crippen LogP contribution in [0.15, 0.2) is 60.7 Å². The van der Waals surface area contributed by atoms with Crippen LogP contribution in [-0.2, 0) is 17.6 Å². The van der Waals surface area contributed by atoms with E-state index in [2.05, 4.69) is 17.4 Å². The smallest absolute Gasteiger partial charge is 0.234 e. The van der Waals surface area contributed by atoms with Crippen molar-refractivity contribution in [1.29, 1.82) is 0 Å². The van der Waals surface area contributed by atoms with Gasteiger partial charge in [-0.1, -0.05) is 60.7 Å². The van der Waals surface area contributed by atoms with Crippen molar-refractivity contribution in [1.82, 2.24) is 5.32 Å². The van der Waals surface area contributed by atoms with Crippen molar-refractivity contribution in [3.63, 3.8) is 0 Å². The molecule has 1 amide bonds. The molecule has 2 aromatic carbocycles. The lowest BCUT2D eigenvalue weighted by atomic mass is 10.1. The third-order valence-corrected chi connectivity index (χ3v) is 3.27. The predicted molar refractivity (Wildman–Crippen MR) is 81.3 cm³/mol. The highest BCUT2D eigenvalue weighted by atomic mass is 16.1. The van der Waals surface area contributed by atoms with Crippen molar-refractivity contribution in [3.8, 4) is 0 Å². The molecule has 0 saturated heterocycles. The van der Waals surface area contributed by atoms with Crippen molar-refractivity contribution in [2.24, 2.45) is 5.73 Å². The van der Waals surface area contributed by atoms with Crippen molar-refractivity contribution in [2.75, 3.05) is 6.54 Å². The summed E-state index contributed by atoms with van der Waals surface area (Å²) in [6.07, 6.45) is 1.52. The van der Waals surface area contributed by atoms with Crippen LogP contribution in [0.4, 0.5) is 0 Å². The maximum atomic E-state index is 11.5. The van der Waals surface area contributed by atoms with Gasteiger partial charge in [0.05, 0.1) is 6.04 Å². The zero-order chi connectivity index (χ0) is 14.2. The fourth-order valence-electron chi connectivity index (χ4n) is 2.16. The molecule has 2 aromatic rings. The summed E-state index contributed by atoms with van der Waals surface area (Å²) >= 11 is 0. The van der Waals surface area contributed by atoms with Crippen LogP contribution >= 0.6 is 0 Å². The molecule has 0 aliphatic heterocycles. The van der Waals surface area contributed by atoms with E-state index < -0.39 is 0 Å². The molecule has 0 spiro atoms. The van der Waals surface area contributed by atoms with Gasteiger partial charge in [-0.25, -0.2) is 0 Å². The summed E-state index contributed by atoms with van der Waals surface area (Å²) in [6, 6.07) is 19.8. The fraction of sp³-hybridized carbons (Fsp3) is 0.235. The first kappa shape index (κ1) is 14.3. The highest BCUT2D eigenvalue weighted by Crippen LogP contribution is 2.04. The van der Waals surface area contributed by atoms with E-state index in [1.54, 1.807) is 0 Å². The van der Waals surface area contributed by atoms with Crippen molar-refractivity contribution in [3.05, 3.63) is 71.8 Å². The Hall–Kier alpha value is -2.13. The topological polar surface area (TPSA) is 55.1 Å². The maximum Gasteiger partial charge on any atom is 0.234 e. The minimum Gasteiger partial charge on any atom is -0.368 e. The summed E-state index contributed by atoms with van der Waals surface area (Å²) in [4.78, 5) is 11.5. The number of nitrogens with one attached hydrogen (secondary N) is 1. The number of hydrogen-bond acceptors (Lipinski definition) is 2. The van der Waals surface area contributed by atoms with Crippen LogP contribution in [0.2, 0.25) is 0 Å². The summed E-state index contributed by atoms with van der Waals surface area (Å²) < 4.78 is 0. The van der Waals surface area contributed by atoms with Crippen molar-refractivity contribution >= 4 is 5.91 Å². The van der Waals surface area contributed by atoms with Gasteiger partial charge in [0.25, 0.3) is 0 Å². The lowest BCUT2D eigenvalue weighted by molar-refractivity contribution is -0.120. The SMILES string of the molecule is NC(=O)[C@H](Cc1ccccc1)NCCc1ccccc1. The Morgan fingerprint density at radius 3 is 2.05 bits per heavy atom. The minimum absolute atomic E-state index is 0.304. The Kier molecular flexibility index (Phi) is 5.33. The van der Waals surface area contributed by atoms with Gasteiger partial charge in [-0.05, 0) is 30.5 Å². The quantitative estimate of drug-likeness (QED) is 0.806. The molecule has 0 bridgehead atoms. The van der Waals surface area contributed by atoms with Crippen molar-refractivity contribution < 1.29 is 4.79 Å². The molecule has 0 aromatic heterocycles. The van der Waals surface area contributed by atoms with Gasteiger partial charge in [0.1, 0.15) is 0 Å². The van der Waals surface area contributed by atoms with Crippen LogP contribution in [0.1, 0.15) is 11.1 Å². The monoisotopic (exact) mass is 268 g/mol. The van der Waals surface area contributed by atoms with E-state index in [-0.39, 0.29) is 11.9 Å². The molecule has 3 N–H and O–H groups in total. The maximum absolute atomic E-state index is 11.5. The molecular weight excluding hydrogens is 248 g/mol. The molecule has 0 radical (unpaired) electrons. The molecule has 20 heavy (non-hydrogen) atoms. The van der Waals surface area contributed by atoms with E-state index in [0.717, 1.165) is 18.5 Å². The molecule has 3 nitrogen and oxygen atoms in total. The number of rotatable bonds is 7. The molecular formula is C17H20N2O. The fourth-order valence-corrected chi connectivity index (χ4v) is 2.16. The molecule has 0 unspecified atom stereocenters. The summed E-state index contributed by atoms with van der Waals surface area (Å²) in [5.74, 6) is -0.304. The van der Waals surface area contributed by atoms with Gasteiger partial charge in [0.15, 0.2) is 0 Å². The third-order valence-electron chi connectivity index (χ3n) is 3.27. The second kappa shape index (κ2) is 7.46. The van der Waals surface area contributed by atoms with Gasteiger partial charge in [-0.15, -0.1) is 0 Å². The Labute approximate surface area is 119 Å². The molecule has 104 valence electrons. The van der Waals surface area contributed by atoms with Crippen LogP contribution in [0.5, 0.6) is 0 Å². The normalized spacial score (nSPS) is 12.0. The zero-order valence-corrected chi connectivity index (χ0v) is 11.5. The number of amides is 1. The lowest BCUT2D eigenvalue weighted by Crippen LogP contribution is -2.43. The van der Waals surface area contributed by atoms with Gasteiger partial charge in [-0.2, -0.15) is 0 Å². The second-order valence-corrected chi connectivity index (χ2v) is 4.83. The van der Waals surface area contributed by atoms with Gasteiger partial charge in [0.2, 0.25) is 5.91 Å². The van der Waals surface area contributed by atoms with Crippen LogP contribution in [0, 0.1) is 0 Å². The first-order chi connectivity index (χ1) is 9.75. The Balaban J connectivity index is 1.85.